The molecule has 1 amide bonds. The van der Waals surface area contributed by atoms with Gasteiger partial charge in [-0.1, -0.05) is 12.1 Å². The van der Waals surface area contributed by atoms with Gasteiger partial charge in [-0.3, -0.25) is 9.69 Å². The summed E-state index contributed by atoms with van der Waals surface area (Å²) in [7, 11) is 4.94. The lowest BCUT2D eigenvalue weighted by molar-refractivity contribution is -0.122. The van der Waals surface area contributed by atoms with Crippen molar-refractivity contribution in [2.24, 2.45) is 0 Å². The van der Waals surface area contributed by atoms with Crippen molar-refractivity contribution in [2.75, 3.05) is 41.0 Å². The fourth-order valence-electron chi connectivity index (χ4n) is 3.47. The molecule has 28 heavy (non-hydrogen) atoms. The van der Waals surface area contributed by atoms with E-state index in [-0.39, 0.29) is 5.91 Å². The Morgan fingerprint density at radius 3 is 2.32 bits per heavy atom. The van der Waals surface area contributed by atoms with E-state index >= 15 is 0 Å². The summed E-state index contributed by atoms with van der Waals surface area (Å²) < 4.78 is 15.9. The molecule has 1 aliphatic heterocycles. The predicted octanol–water partition coefficient (Wildman–Crippen LogP) is 2.43. The molecule has 2 aromatic rings. The zero-order chi connectivity index (χ0) is 19.9. The normalized spacial score (nSPS) is 13.5. The molecule has 0 unspecified atom stereocenters. The van der Waals surface area contributed by atoms with Crippen molar-refractivity contribution >= 4 is 5.91 Å². The molecule has 2 aromatic carbocycles. The van der Waals surface area contributed by atoms with E-state index in [1.807, 2.05) is 36.4 Å². The fourth-order valence-corrected chi connectivity index (χ4v) is 3.47. The Hall–Kier alpha value is -2.73. The molecule has 6 heteroatoms. The fraction of sp³-hybridized carbons (Fsp3) is 0.409. The highest BCUT2D eigenvalue weighted by Gasteiger charge is 2.20. The molecular weight excluding hydrogens is 356 g/mol. The summed E-state index contributed by atoms with van der Waals surface area (Å²) in [4.78, 5) is 14.5. The molecule has 3 rings (SSSR count). The number of amides is 1. The predicted molar refractivity (Wildman–Crippen MR) is 108 cm³/mol. The second-order valence-electron chi connectivity index (χ2n) is 6.88. The van der Waals surface area contributed by atoms with Crippen molar-refractivity contribution in [1.82, 2.24) is 10.2 Å². The Morgan fingerprint density at radius 2 is 1.68 bits per heavy atom. The number of hydrogen-bond acceptors (Lipinski definition) is 5. The van der Waals surface area contributed by atoms with Gasteiger partial charge in [0.15, 0.2) is 11.5 Å². The highest BCUT2D eigenvalue weighted by atomic mass is 16.5. The first-order valence-corrected chi connectivity index (χ1v) is 9.48. The Bertz CT molecular complexity index is 805. The smallest absolute Gasteiger partial charge is 0.234 e. The van der Waals surface area contributed by atoms with Gasteiger partial charge in [0.1, 0.15) is 5.75 Å². The van der Waals surface area contributed by atoms with Gasteiger partial charge in [0, 0.05) is 19.6 Å². The lowest BCUT2D eigenvalue weighted by atomic mass is 9.99. The largest absolute Gasteiger partial charge is 0.497 e. The van der Waals surface area contributed by atoms with Gasteiger partial charge in [-0.2, -0.15) is 0 Å². The topological polar surface area (TPSA) is 60.0 Å². The van der Waals surface area contributed by atoms with Crippen molar-refractivity contribution < 1.29 is 19.0 Å². The van der Waals surface area contributed by atoms with Gasteiger partial charge in [-0.25, -0.2) is 0 Å². The van der Waals surface area contributed by atoms with E-state index in [0.717, 1.165) is 43.2 Å². The summed E-state index contributed by atoms with van der Waals surface area (Å²) in [5.41, 5.74) is 3.62. The Morgan fingerprint density at radius 1 is 1.00 bits per heavy atom. The maximum absolute atomic E-state index is 12.3. The molecular formula is C22H28N2O4. The summed E-state index contributed by atoms with van der Waals surface area (Å²) in [6.07, 6.45) is 1.70. The van der Waals surface area contributed by atoms with Gasteiger partial charge in [-0.05, 0) is 53.8 Å². The Kier molecular flexibility index (Phi) is 6.76. The van der Waals surface area contributed by atoms with E-state index in [9.17, 15) is 4.79 Å². The molecule has 0 atom stereocenters. The van der Waals surface area contributed by atoms with E-state index in [1.54, 1.807) is 21.3 Å². The third-order valence-corrected chi connectivity index (χ3v) is 5.06. The van der Waals surface area contributed by atoms with Gasteiger partial charge in [0.2, 0.25) is 5.91 Å². The summed E-state index contributed by atoms with van der Waals surface area (Å²) in [6.45, 7) is 2.62. The standard InChI is InChI=1S/C22H28N2O4/c1-26-19-6-4-16(5-7-19)8-10-23-22(25)15-24-11-9-17-12-20(27-2)21(28-3)13-18(17)14-24/h4-7,12-13H,8-11,14-15H2,1-3H3,(H,23,25). The molecule has 6 nitrogen and oxygen atoms in total. The van der Waals surface area contributed by atoms with Crippen LogP contribution in [0.3, 0.4) is 0 Å². The summed E-state index contributed by atoms with van der Waals surface area (Å²) in [5.74, 6) is 2.38. The molecule has 1 aliphatic rings. The van der Waals surface area contributed by atoms with Crippen molar-refractivity contribution in [1.29, 1.82) is 0 Å². The number of nitrogens with zero attached hydrogens (tertiary/aromatic N) is 1. The molecule has 1 heterocycles. The third-order valence-electron chi connectivity index (χ3n) is 5.06. The first kappa shape index (κ1) is 20.0. The van der Waals surface area contributed by atoms with Crippen LogP contribution in [-0.2, 0) is 24.2 Å². The highest BCUT2D eigenvalue weighted by molar-refractivity contribution is 5.78. The van der Waals surface area contributed by atoms with E-state index in [0.29, 0.717) is 13.1 Å². The molecule has 150 valence electrons. The molecule has 0 fully saturated rings. The van der Waals surface area contributed by atoms with Crippen LogP contribution in [0, 0.1) is 0 Å². The minimum atomic E-state index is 0.0532. The molecule has 0 saturated carbocycles. The van der Waals surface area contributed by atoms with Crippen LogP contribution in [0.25, 0.3) is 0 Å². The second kappa shape index (κ2) is 9.46. The number of rotatable bonds is 8. The number of nitrogens with one attached hydrogen (secondary N) is 1. The van der Waals surface area contributed by atoms with Crippen LogP contribution in [0.4, 0.5) is 0 Å². The second-order valence-corrected chi connectivity index (χ2v) is 6.88. The number of fused-ring (bicyclic) bond motifs is 1. The van der Waals surface area contributed by atoms with Crippen LogP contribution in [0.2, 0.25) is 0 Å². The molecule has 0 radical (unpaired) electrons. The average Bonchev–Trinajstić information content (AvgIpc) is 2.73. The van der Waals surface area contributed by atoms with Crippen molar-refractivity contribution in [3.63, 3.8) is 0 Å². The number of benzene rings is 2. The summed E-state index contributed by atoms with van der Waals surface area (Å²) in [6, 6.07) is 12.0. The lowest BCUT2D eigenvalue weighted by Crippen LogP contribution is -2.40. The van der Waals surface area contributed by atoms with Gasteiger partial charge in [0.25, 0.3) is 0 Å². The third kappa shape index (κ3) is 4.95. The van der Waals surface area contributed by atoms with Crippen LogP contribution in [0.15, 0.2) is 36.4 Å². The van der Waals surface area contributed by atoms with E-state index < -0.39 is 0 Å². The molecule has 0 bridgehead atoms. The first-order valence-electron chi connectivity index (χ1n) is 9.48. The SMILES string of the molecule is COc1ccc(CCNC(=O)CN2CCc3cc(OC)c(OC)cc3C2)cc1. The van der Waals surface area contributed by atoms with Crippen LogP contribution < -0.4 is 19.5 Å². The quantitative estimate of drug-likeness (QED) is 0.758. The summed E-state index contributed by atoms with van der Waals surface area (Å²) in [5, 5.41) is 3.02. The van der Waals surface area contributed by atoms with Crippen LogP contribution in [0.5, 0.6) is 17.2 Å². The van der Waals surface area contributed by atoms with Crippen LogP contribution in [-0.4, -0.2) is 51.8 Å². The zero-order valence-electron chi connectivity index (χ0n) is 16.8. The van der Waals surface area contributed by atoms with E-state index in [1.165, 1.54) is 16.7 Å². The monoisotopic (exact) mass is 384 g/mol. The maximum Gasteiger partial charge on any atom is 0.234 e. The van der Waals surface area contributed by atoms with Crippen molar-refractivity contribution in [2.45, 2.75) is 19.4 Å². The van der Waals surface area contributed by atoms with Crippen molar-refractivity contribution in [3.05, 3.63) is 53.1 Å². The summed E-state index contributed by atoms with van der Waals surface area (Å²) >= 11 is 0. The zero-order valence-corrected chi connectivity index (χ0v) is 16.8. The number of carbonyl (C=O) groups excluding carboxylic acids is 1. The lowest BCUT2D eigenvalue weighted by Gasteiger charge is -2.29. The van der Waals surface area contributed by atoms with Gasteiger partial charge < -0.3 is 19.5 Å². The molecule has 0 spiro atoms. The van der Waals surface area contributed by atoms with Gasteiger partial charge >= 0.3 is 0 Å². The number of ether oxygens (including phenoxy) is 3. The highest BCUT2D eigenvalue weighted by Crippen LogP contribution is 2.33. The molecule has 0 saturated heterocycles. The Balaban J connectivity index is 1.48. The number of methoxy groups -OCH3 is 3. The average molecular weight is 384 g/mol. The molecule has 0 aromatic heterocycles. The maximum atomic E-state index is 12.3. The molecule has 0 aliphatic carbocycles. The van der Waals surface area contributed by atoms with Crippen molar-refractivity contribution in [3.8, 4) is 17.2 Å². The first-order chi connectivity index (χ1) is 13.6. The van der Waals surface area contributed by atoms with E-state index in [2.05, 4.69) is 10.2 Å². The minimum absolute atomic E-state index is 0.0532. The van der Waals surface area contributed by atoms with Gasteiger partial charge in [-0.15, -0.1) is 0 Å². The molecule has 1 N–H and O–H groups in total. The Labute approximate surface area is 166 Å². The van der Waals surface area contributed by atoms with E-state index in [4.69, 9.17) is 14.2 Å². The van der Waals surface area contributed by atoms with Crippen LogP contribution in [0.1, 0.15) is 16.7 Å². The van der Waals surface area contributed by atoms with Gasteiger partial charge in [0.05, 0.1) is 27.9 Å². The number of hydrogen-bond donors (Lipinski definition) is 1. The number of carbonyl (C=O) groups is 1. The minimum Gasteiger partial charge on any atom is -0.497 e. The van der Waals surface area contributed by atoms with Crippen LogP contribution >= 0.6 is 0 Å².